The third kappa shape index (κ3) is 4.07. The molecule has 1 aliphatic heterocycles. The number of hydrogen-bond acceptors (Lipinski definition) is 4. The van der Waals surface area contributed by atoms with E-state index in [2.05, 4.69) is 4.90 Å². The highest BCUT2D eigenvalue weighted by atomic mass is 35.5. The van der Waals surface area contributed by atoms with Gasteiger partial charge in [0.2, 0.25) is 0 Å². The van der Waals surface area contributed by atoms with Crippen molar-refractivity contribution in [3.63, 3.8) is 0 Å². The minimum absolute atomic E-state index is 0.371. The first kappa shape index (κ1) is 20.1. The van der Waals surface area contributed by atoms with Gasteiger partial charge in [-0.3, -0.25) is 4.90 Å². The van der Waals surface area contributed by atoms with Crippen molar-refractivity contribution in [1.82, 2.24) is 4.90 Å². The maximum Gasteiger partial charge on any atom is 0.336 e. The molecule has 5 rings (SSSR count). The molecule has 31 heavy (non-hydrogen) atoms. The SMILES string of the molecule is O=c1cc(-c2ccccc2)c2ccc3c(c2o1)CN(CCc1ccc(Cl)cc1Cl)CO3. The summed E-state index contributed by atoms with van der Waals surface area (Å²) in [5, 5.41) is 2.19. The van der Waals surface area contributed by atoms with Crippen LogP contribution in [0.5, 0.6) is 5.75 Å². The summed E-state index contributed by atoms with van der Waals surface area (Å²) in [5.74, 6) is 0.752. The fourth-order valence-corrected chi connectivity index (χ4v) is 4.49. The number of benzene rings is 3. The summed E-state index contributed by atoms with van der Waals surface area (Å²) in [6, 6.07) is 20.9. The molecule has 0 saturated carbocycles. The number of halogens is 2. The normalized spacial score (nSPS) is 13.7. The summed E-state index contributed by atoms with van der Waals surface area (Å²) in [5.41, 5.74) is 3.97. The lowest BCUT2D eigenvalue weighted by Gasteiger charge is -2.29. The Morgan fingerprint density at radius 1 is 0.968 bits per heavy atom. The minimum Gasteiger partial charge on any atom is -0.478 e. The first-order chi connectivity index (χ1) is 15.1. The van der Waals surface area contributed by atoms with Gasteiger partial charge < -0.3 is 9.15 Å². The predicted octanol–water partition coefficient (Wildman–Crippen LogP) is 6.16. The summed E-state index contributed by atoms with van der Waals surface area (Å²) < 4.78 is 11.6. The number of hydrogen-bond donors (Lipinski definition) is 0. The van der Waals surface area contributed by atoms with Crippen LogP contribution in [0.1, 0.15) is 11.1 Å². The number of rotatable bonds is 4. The monoisotopic (exact) mass is 451 g/mol. The molecule has 0 bridgehead atoms. The fraction of sp³-hybridized carbons (Fsp3) is 0.160. The number of nitrogens with zero attached hydrogens (tertiary/aromatic N) is 1. The van der Waals surface area contributed by atoms with Gasteiger partial charge in [-0.2, -0.15) is 0 Å². The Morgan fingerprint density at radius 3 is 2.61 bits per heavy atom. The van der Waals surface area contributed by atoms with E-state index in [0.717, 1.165) is 46.4 Å². The molecular weight excluding hydrogens is 433 g/mol. The van der Waals surface area contributed by atoms with Crippen LogP contribution in [0.25, 0.3) is 22.1 Å². The fourth-order valence-electron chi connectivity index (χ4n) is 3.98. The summed E-state index contributed by atoms with van der Waals surface area (Å²) in [6.07, 6.45) is 0.763. The Bertz CT molecular complexity index is 1320. The lowest BCUT2D eigenvalue weighted by Crippen LogP contribution is -2.33. The van der Waals surface area contributed by atoms with Gasteiger partial charge in [0, 0.05) is 34.6 Å². The molecule has 2 heterocycles. The molecular formula is C25H19Cl2NO3. The van der Waals surface area contributed by atoms with Gasteiger partial charge >= 0.3 is 5.63 Å². The molecule has 0 spiro atoms. The molecule has 4 nitrogen and oxygen atoms in total. The van der Waals surface area contributed by atoms with E-state index in [4.69, 9.17) is 32.4 Å². The number of ether oxygens (including phenoxy) is 1. The van der Waals surface area contributed by atoms with Crippen molar-refractivity contribution < 1.29 is 9.15 Å². The largest absolute Gasteiger partial charge is 0.478 e. The molecule has 0 amide bonds. The second kappa shape index (κ2) is 8.39. The molecule has 0 saturated heterocycles. The quantitative estimate of drug-likeness (QED) is 0.348. The Labute approximate surface area is 189 Å². The van der Waals surface area contributed by atoms with Gasteiger partial charge in [-0.15, -0.1) is 0 Å². The molecule has 3 aromatic carbocycles. The van der Waals surface area contributed by atoms with Crippen molar-refractivity contribution in [3.05, 3.63) is 98.3 Å². The van der Waals surface area contributed by atoms with Crippen molar-refractivity contribution in [2.24, 2.45) is 0 Å². The Hall–Kier alpha value is -2.79. The average Bonchev–Trinajstić information content (AvgIpc) is 2.78. The lowest BCUT2D eigenvalue weighted by molar-refractivity contribution is 0.0968. The summed E-state index contributed by atoms with van der Waals surface area (Å²) >= 11 is 12.3. The third-order valence-electron chi connectivity index (χ3n) is 5.55. The maximum atomic E-state index is 12.4. The molecule has 0 unspecified atom stereocenters. The molecule has 0 fully saturated rings. The standard InChI is InChI=1S/C25H19Cl2NO3/c26-18-7-6-17(22(27)12-18)10-11-28-14-21-23(30-15-28)9-8-19-20(13-24(29)31-25(19)21)16-4-2-1-3-5-16/h1-9,12-13H,10-11,14-15H2. The molecule has 1 aliphatic rings. The third-order valence-corrected chi connectivity index (χ3v) is 6.14. The molecule has 0 atom stereocenters. The Kier molecular flexibility index (Phi) is 5.45. The second-order valence-corrected chi connectivity index (χ2v) is 8.42. The van der Waals surface area contributed by atoms with E-state index in [1.807, 2.05) is 54.6 Å². The summed E-state index contributed by atoms with van der Waals surface area (Å²) in [4.78, 5) is 14.5. The molecule has 0 N–H and O–H groups in total. The number of fused-ring (bicyclic) bond motifs is 3. The van der Waals surface area contributed by atoms with Crippen molar-refractivity contribution in [3.8, 4) is 16.9 Å². The van der Waals surface area contributed by atoms with Crippen LogP contribution in [-0.2, 0) is 13.0 Å². The van der Waals surface area contributed by atoms with Gasteiger partial charge in [0.05, 0.1) is 5.56 Å². The Morgan fingerprint density at radius 2 is 1.81 bits per heavy atom. The molecule has 4 aromatic rings. The zero-order valence-electron chi connectivity index (χ0n) is 16.6. The molecule has 156 valence electrons. The first-order valence-corrected chi connectivity index (χ1v) is 10.8. The highest BCUT2D eigenvalue weighted by molar-refractivity contribution is 6.35. The van der Waals surface area contributed by atoms with Crippen molar-refractivity contribution in [2.75, 3.05) is 13.3 Å². The zero-order valence-corrected chi connectivity index (χ0v) is 18.1. The highest BCUT2D eigenvalue weighted by Gasteiger charge is 2.23. The van der Waals surface area contributed by atoms with Gasteiger partial charge in [-0.25, -0.2) is 4.79 Å². The highest BCUT2D eigenvalue weighted by Crippen LogP contribution is 2.36. The van der Waals surface area contributed by atoms with Crippen molar-refractivity contribution >= 4 is 34.2 Å². The maximum absolute atomic E-state index is 12.4. The van der Waals surface area contributed by atoms with E-state index in [0.29, 0.717) is 28.9 Å². The van der Waals surface area contributed by atoms with Crippen LogP contribution in [0.3, 0.4) is 0 Å². The van der Waals surface area contributed by atoms with E-state index >= 15 is 0 Å². The predicted molar refractivity (Wildman–Crippen MR) is 124 cm³/mol. The van der Waals surface area contributed by atoms with Crippen molar-refractivity contribution in [1.29, 1.82) is 0 Å². The van der Waals surface area contributed by atoms with E-state index in [1.165, 1.54) is 0 Å². The van der Waals surface area contributed by atoms with Crippen LogP contribution in [0.15, 0.2) is 75.9 Å². The van der Waals surface area contributed by atoms with E-state index in [9.17, 15) is 4.79 Å². The molecule has 0 radical (unpaired) electrons. The van der Waals surface area contributed by atoms with Crippen LogP contribution in [0.2, 0.25) is 10.0 Å². The first-order valence-electron chi connectivity index (χ1n) is 10.0. The summed E-state index contributed by atoms with van der Waals surface area (Å²) in [7, 11) is 0. The van der Waals surface area contributed by atoms with Crippen LogP contribution in [0.4, 0.5) is 0 Å². The van der Waals surface area contributed by atoms with Gasteiger partial charge in [-0.05, 0) is 47.4 Å². The van der Waals surface area contributed by atoms with E-state index < -0.39 is 0 Å². The Balaban J connectivity index is 1.47. The van der Waals surface area contributed by atoms with Gasteiger partial charge in [-0.1, -0.05) is 59.6 Å². The second-order valence-electron chi connectivity index (χ2n) is 7.58. The van der Waals surface area contributed by atoms with Crippen LogP contribution in [0, 0.1) is 0 Å². The molecule has 0 aliphatic carbocycles. The molecule has 1 aromatic heterocycles. The summed E-state index contributed by atoms with van der Waals surface area (Å²) in [6.45, 7) is 1.84. The average molecular weight is 452 g/mol. The molecule has 6 heteroatoms. The van der Waals surface area contributed by atoms with E-state index in [1.54, 1.807) is 12.1 Å². The topological polar surface area (TPSA) is 42.7 Å². The van der Waals surface area contributed by atoms with Crippen LogP contribution in [-0.4, -0.2) is 18.2 Å². The van der Waals surface area contributed by atoms with Gasteiger partial charge in [0.1, 0.15) is 18.1 Å². The van der Waals surface area contributed by atoms with Crippen molar-refractivity contribution in [2.45, 2.75) is 13.0 Å². The van der Waals surface area contributed by atoms with E-state index in [-0.39, 0.29) is 5.63 Å². The lowest BCUT2D eigenvalue weighted by atomic mass is 9.99. The smallest absolute Gasteiger partial charge is 0.336 e. The van der Waals surface area contributed by atoms with Gasteiger partial charge in [0.25, 0.3) is 0 Å². The van der Waals surface area contributed by atoms with Gasteiger partial charge in [0.15, 0.2) is 0 Å². The van der Waals surface area contributed by atoms with Crippen LogP contribution >= 0.6 is 23.2 Å². The minimum atomic E-state index is -0.371. The van der Waals surface area contributed by atoms with Crippen LogP contribution < -0.4 is 10.4 Å². The zero-order chi connectivity index (χ0) is 21.4.